The topological polar surface area (TPSA) is 95.9 Å². The second-order valence-corrected chi connectivity index (χ2v) is 15.4. The number of hydrogen-bond acceptors (Lipinski definition) is 5. The summed E-state index contributed by atoms with van der Waals surface area (Å²) in [4.78, 5) is 24.3. The largest absolute Gasteiger partial charge is 0.466 e. The zero-order valence-corrected chi connectivity index (χ0v) is 35.0. The van der Waals surface area contributed by atoms with Crippen molar-refractivity contribution >= 4 is 11.9 Å². The quantitative estimate of drug-likeness (QED) is 0.0329. The number of amides is 1. The van der Waals surface area contributed by atoms with Crippen molar-refractivity contribution in [3.8, 4) is 0 Å². The van der Waals surface area contributed by atoms with Crippen molar-refractivity contribution in [1.29, 1.82) is 0 Å². The van der Waals surface area contributed by atoms with Gasteiger partial charge in [0.05, 0.1) is 25.4 Å². The third kappa shape index (κ3) is 39.6. The lowest BCUT2D eigenvalue weighted by molar-refractivity contribution is -0.143. The SMILES string of the molecule is CCCCCCCCCCCC/C=C/C(O)C(CO)NC(=O)CC/C=C\C/C=C\CCCCCCCCOC(=O)CCCCCCCCCCCCC. The molecule has 3 N–H and O–H groups in total. The number of unbranched alkanes of at least 4 members (excludes halogenated alkanes) is 26. The first kappa shape index (κ1) is 51.1. The van der Waals surface area contributed by atoms with Crippen molar-refractivity contribution in [1.82, 2.24) is 5.32 Å². The van der Waals surface area contributed by atoms with Gasteiger partial charge in [-0.3, -0.25) is 9.59 Å². The van der Waals surface area contributed by atoms with E-state index in [1.165, 1.54) is 141 Å². The first-order valence-electron chi connectivity index (χ1n) is 22.8. The predicted octanol–water partition coefficient (Wildman–Crippen LogP) is 12.9. The maximum Gasteiger partial charge on any atom is 0.305 e. The summed E-state index contributed by atoms with van der Waals surface area (Å²) in [6, 6.07) is -0.670. The number of aliphatic hydroxyl groups excluding tert-OH is 2. The third-order valence-corrected chi connectivity index (χ3v) is 10.2. The van der Waals surface area contributed by atoms with E-state index in [2.05, 4.69) is 37.4 Å². The number of carbonyl (C=O) groups is 2. The standard InChI is InChI=1S/C47H87NO5/c1-3-5-7-9-11-13-15-20-23-27-31-35-39-45(50)44(43-49)48-46(51)40-36-32-28-24-21-17-16-18-22-26-30-34-38-42-53-47(52)41-37-33-29-25-19-14-12-10-8-6-4-2/h17,21,28,32,35,39,44-45,49-50H,3-16,18-20,22-27,29-31,33-34,36-38,40-43H2,1-2H3,(H,48,51)/b21-17-,32-28-,39-35+. The zero-order valence-electron chi connectivity index (χ0n) is 35.0. The van der Waals surface area contributed by atoms with Gasteiger partial charge in [-0.2, -0.15) is 0 Å². The average Bonchev–Trinajstić information content (AvgIpc) is 3.16. The molecule has 0 heterocycles. The molecule has 0 aliphatic carbocycles. The second kappa shape index (κ2) is 42.8. The number of esters is 1. The van der Waals surface area contributed by atoms with Crippen LogP contribution in [0.1, 0.15) is 226 Å². The number of carbonyl (C=O) groups excluding carboxylic acids is 2. The van der Waals surface area contributed by atoms with E-state index in [9.17, 15) is 19.8 Å². The summed E-state index contributed by atoms with van der Waals surface area (Å²) in [5.41, 5.74) is 0. The first-order chi connectivity index (χ1) is 26.0. The molecule has 1 amide bonds. The van der Waals surface area contributed by atoms with Gasteiger partial charge in [-0.1, -0.05) is 198 Å². The molecule has 0 aromatic carbocycles. The molecule has 0 rings (SSSR count). The van der Waals surface area contributed by atoms with E-state index in [0.717, 1.165) is 51.4 Å². The first-order valence-corrected chi connectivity index (χ1v) is 22.8. The lowest BCUT2D eigenvalue weighted by Crippen LogP contribution is -2.45. The number of rotatable bonds is 41. The highest BCUT2D eigenvalue weighted by atomic mass is 16.5. The van der Waals surface area contributed by atoms with Crippen LogP contribution >= 0.6 is 0 Å². The summed E-state index contributed by atoms with van der Waals surface area (Å²) < 4.78 is 5.42. The van der Waals surface area contributed by atoms with Gasteiger partial charge in [0.15, 0.2) is 0 Å². The van der Waals surface area contributed by atoms with Crippen LogP contribution in [0.3, 0.4) is 0 Å². The summed E-state index contributed by atoms with van der Waals surface area (Å²) in [7, 11) is 0. The van der Waals surface area contributed by atoms with Gasteiger partial charge in [0.2, 0.25) is 5.91 Å². The van der Waals surface area contributed by atoms with Crippen molar-refractivity contribution in [2.24, 2.45) is 0 Å². The lowest BCUT2D eigenvalue weighted by atomic mass is 10.1. The van der Waals surface area contributed by atoms with Crippen LogP contribution in [0.25, 0.3) is 0 Å². The molecule has 0 aliphatic heterocycles. The number of allylic oxidation sites excluding steroid dienone is 5. The number of hydrogen-bond donors (Lipinski definition) is 3. The number of nitrogens with one attached hydrogen (secondary N) is 1. The van der Waals surface area contributed by atoms with Crippen molar-refractivity contribution < 1.29 is 24.5 Å². The van der Waals surface area contributed by atoms with Gasteiger partial charge in [-0.15, -0.1) is 0 Å². The monoisotopic (exact) mass is 746 g/mol. The van der Waals surface area contributed by atoms with E-state index in [-0.39, 0.29) is 18.5 Å². The van der Waals surface area contributed by atoms with E-state index >= 15 is 0 Å². The second-order valence-electron chi connectivity index (χ2n) is 15.4. The summed E-state index contributed by atoms with van der Waals surface area (Å²) in [6.45, 7) is 4.80. The van der Waals surface area contributed by atoms with E-state index in [4.69, 9.17) is 4.74 Å². The highest BCUT2D eigenvalue weighted by Crippen LogP contribution is 2.14. The molecule has 6 nitrogen and oxygen atoms in total. The molecule has 0 aromatic heterocycles. The van der Waals surface area contributed by atoms with E-state index < -0.39 is 12.1 Å². The molecular formula is C47H87NO5. The minimum absolute atomic E-state index is 0.0200. The Morgan fingerprint density at radius 3 is 1.47 bits per heavy atom. The fourth-order valence-corrected chi connectivity index (χ4v) is 6.62. The Bertz CT molecular complexity index is 869. The molecule has 0 fully saturated rings. The Morgan fingerprint density at radius 1 is 0.528 bits per heavy atom. The van der Waals surface area contributed by atoms with Gasteiger partial charge >= 0.3 is 5.97 Å². The fourth-order valence-electron chi connectivity index (χ4n) is 6.62. The highest BCUT2D eigenvalue weighted by Gasteiger charge is 2.17. The van der Waals surface area contributed by atoms with Crippen molar-refractivity contribution in [3.05, 3.63) is 36.5 Å². The molecule has 310 valence electrons. The predicted molar refractivity (Wildman–Crippen MR) is 227 cm³/mol. The number of aliphatic hydroxyl groups is 2. The van der Waals surface area contributed by atoms with Crippen LogP contribution in [0.5, 0.6) is 0 Å². The van der Waals surface area contributed by atoms with Gasteiger partial charge in [-0.25, -0.2) is 0 Å². The minimum Gasteiger partial charge on any atom is -0.466 e. The maximum absolute atomic E-state index is 12.3. The summed E-state index contributed by atoms with van der Waals surface area (Å²) in [5, 5.41) is 22.9. The fraction of sp³-hybridized carbons (Fsp3) is 0.830. The van der Waals surface area contributed by atoms with E-state index in [1.807, 2.05) is 12.2 Å². The van der Waals surface area contributed by atoms with Gasteiger partial charge in [-0.05, 0) is 51.4 Å². The molecule has 0 spiro atoms. The minimum atomic E-state index is -0.877. The smallest absolute Gasteiger partial charge is 0.305 e. The van der Waals surface area contributed by atoms with Crippen LogP contribution in [-0.4, -0.2) is 47.4 Å². The average molecular weight is 746 g/mol. The van der Waals surface area contributed by atoms with Crippen LogP contribution in [0.2, 0.25) is 0 Å². The van der Waals surface area contributed by atoms with Gasteiger partial charge in [0, 0.05) is 12.8 Å². The van der Waals surface area contributed by atoms with Crippen molar-refractivity contribution in [2.45, 2.75) is 238 Å². The molecule has 0 aromatic rings. The normalized spacial score (nSPS) is 13.1. The lowest BCUT2D eigenvalue weighted by Gasteiger charge is -2.19. The van der Waals surface area contributed by atoms with Crippen molar-refractivity contribution in [2.75, 3.05) is 13.2 Å². The zero-order chi connectivity index (χ0) is 38.7. The molecule has 0 saturated carbocycles. The van der Waals surface area contributed by atoms with E-state index in [1.54, 1.807) is 6.08 Å². The molecule has 2 atom stereocenters. The Labute approximate surface area is 328 Å². The molecule has 0 aliphatic rings. The van der Waals surface area contributed by atoms with Gasteiger partial charge in [0.25, 0.3) is 0 Å². The highest BCUT2D eigenvalue weighted by molar-refractivity contribution is 5.76. The Kier molecular flexibility index (Phi) is 41.3. The Balaban J connectivity index is 3.61. The molecule has 53 heavy (non-hydrogen) atoms. The van der Waals surface area contributed by atoms with Gasteiger partial charge < -0.3 is 20.3 Å². The van der Waals surface area contributed by atoms with Crippen LogP contribution in [0, 0.1) is 0 Å². The molecule has 6 heteroatoms. The summed E-state index contributed by atoms with van der Waals surface area (Å²) in [5.74, 6) is -0.171. The van der Waals surface area contributed by atoms with Crippen LogP contribution in [-0.2, 0) is 14.3 Å². The maximum atomic E-state index is 12.3. The van der Waals surface area contributed by atoms with E-state index in [0.29, 0.717) is 25.9 Å². The molecule has 0 saturated heterocycles. The molecular weight excluding hydrogens is 659 g/mol. The Hall–Kier alpha value is -1.92. The molecule has 0 radical (unpaired) electrons. The number of ether oxygens (including phenoxy) is 1. The van der Waals surface area contributed by atoms with Crippen LogP contribution < -0.4 is 5.32 Å². The van der Waals surface area contributed by atoms with Gasteiger partial charge in [0.1, 0.15) is 0 Å². The molecule has 0 bridgehead atoms. The molecule has 2 unspecified atom stereocenters. The Morgan fingerprint density at radius 2 is 0.962 bits per heavy atom. The third-order valence-electron chi connectivity index (χ3n) is 10.2. The summed E-state index contributed by atoms with van der Waals surface area (Å²) in [6.07, 6.45) is 50.0. The van der Waals surface area contributed by atoms with Crippen LogP contribution in [0.4, 0.5) is 0 Å². The van der Waals surface area contributed by atoms with Crippen LogP contribution in [0.15, 0.2) is 36.5 Å². The summed E-state index contributed by atoms with van der Waals surface area (Å²) >= 11 is 0. The van der Waals surface area contributed by atoms with Crippen molar-refractivity contribution in [3.63, 3.8) is 0 Å².